The Kier molecular flexibility index (Phi) is 71.1. The van der Waals surface area contributed by atoms with Crippen LogP contribution in [-0.2, 0) is 58.1 Å². The van der Waals surface area contributed by atoms with Crippen molar-refractivity contribution in [1.82, 2.24) is 0 Å². The second kappa shape index (κ2) is 36.6. The Hall–Kier alpha value is -1.61. The smallest absolute Gasteiger partial charge is 0.550 e. The summed E-state index contributed by atoms with van der Waals surface area (Å²) in [6.45, 7) is 4.86. The van der Waals surface area contributed by atoms with Crippen molar-refractivity contribution >= 4 is 29.8 Å². The summed E-state index contributed by atoms with van der Waals surface area (Å²) in [4.78, 5) is 44.4. The van der Waals surface area contributed by atoms with E-state index in [0.717, 1.165) is 34.6 Å². The molecular formula is C10H15Fe2O10. The summed E-state index contributed by atoms with van der Waals surface area (Å²) in [5.41, 5.74) is 0. The molecule has 0 unspecified atom stereocenters. The van der Waals surface area contributed by atoms with Crippen LogP contribution in [0.15, 0.2) is 0 Å². The van der Waals surface area contributed by atoms with E-state index in [-0.39, 0.29) is 34.1 Å². The first-order chi connectivity index (χ1) is 8.66. The molecule has 0 aromatic carbocycles. The molecule has 0 N–H and O–H groups in total. The van der Waals surface area contributed by atoms with Crippen LogP contribution in [0.5, 0.6) is 0 Å². The molecular weight excluding hydrogens is 392 g/mol. The van der Waals surface area contributed by atoms with Gasteiger partial charge in [-0.3, -0.25) is 0 Å². The Morgan fingerprint density at radius 2 is 0.455 bits per heavy atom. The molecule has 0 rings (SSSR count). The Morgan fingerprint density at radius 3 is 0.455 bits per heavy atom. The number of aliphatic carboxylic acids is 5. The monoisotopic (exact) mass is 407 g/mol. The maximum absolute atomic E-state index is 8.89. The minimum atomic E-state index is -1.08. The number of carbonyl (C=O) groups excluding carboxylic acids is 5. The summed E-state index contributed by atoms with van der Waals surface area (Å²) in [5, 5.41) is 44.4. The predicted octanol–water partition coefficient (Wildman–Crippen LogP) is -6.22. The molecule has 0 heterocycles. The van der Waals surface area contributed by atoms with Crippen LogP contribution in [0.25, 0.3) is 0 Å². The Labute approximate surface area is 148 Å². The van der Waals surface area contributed by atoms with Crippen LogP contribution in [0.3, 0.4) is 0 Å². The predicted molar refractivity (Wildman–Crippen MR) is 53.4 cm³/mol. The van der Waals surface area contributed by atoms with Crippen molar-refractivity contribution in [3.63, 3.8) is 0 Å². The SMILES string of the molecule is CC(=O)[O-].CC(=O)[O-].CC(=O)[O-].CC(=O)[O-].CC(=O)[O-].[Fe+2].[Fe+3]. The topological polar surface area (TPSA) is 201 Å². The van der Waals surface area contributed by atoms with E-state index in [4.69, 9.17) is 49.5 Å². The standard InChI is InChI=1S/5C2H4O2.2Fe/c5*1-2(3)4;;/h5*1H3,(H,3,4);;/q;;;;;+2;+3/p-5. The molecule has 0 atom stereocenters. The summed E-state index contributed by atoms with van der Waals surface area (Å²) in [6.07, 6.45) is 0. The van der Waals surface area contributed by atoms with Gasteiger partial charge in [-0.2, -0.15) is 0 Å². The number of carboxylic acid groups (broad SMARTS) is 5. The molecule has 0 saturated heterocycles. The van der Waals surface area contributed by atoms with Crippen molar-refractivity contribution in [3.8, 4) is 0 Å². The van der Waals surface area contributed by atoms with E-state index in [1.165, 1.54) is 0 Å². The zero-order valence-corrected chi connectivity index (χ0v) is 14.5. The van der Waals surface area contributed by atoms with Crippen molar-refractivity contribution in [2.75, 3.05) is 0 Å². The van der Waals surface area contributed by atoms with Gasteiger partial charge in [-0.15, -0.1) is 0 Å². The maximum Gasteiger partial charge on any atom is 3.00 e. The average Bonchev–Trinajstić information content (AvgIpc) is 1.94. The number of hydrogen-bond acceptors (Lipinski definition) is 10. The third kappa shape index (κ3) is 2140. The number of carbonyl (C=O) groups is 5. The Bertz CT molecular complexity index is 214. The average molecular weight is 407 g/mol. The molecule has 10 nitrogen and oxygen atoms in total. The molecule has 0 aliphatic rings. The largest absolute Gasteiger partial charge is 3.00 e. The van der Waals surface area contributed by atoms with Gasteiger partial charge in [0.15, 0.2) is 0 Å². The van der Waals surface area contributed by atoms with Gasteiger partial charge in [-0.25, -0.2) is 0 Å². The molecule has 0 bridgehead atoms. The quantitative estimate of drug-likeness (QED) is 0.348. The zero-order chi connectivity index (χ0) is 17.9. The molecule has 0 aliphatic carbocycles. The van der Waals surface area contributed by atoms with Gasteiger partial charge in [0.2, 0.25) is 0 Å². The molecule has 12 heteroatoms. The fourth-order valence-corrected chi connectivity index (χ4v) is 0. The van der Waals surface area contributed by atoms with Crippen LogP contribution in [0.4, 0.5) is 0 Å². The van der Waals surface area contributed by atoms with Gasteiger partial charge in [0.25, 0.3) is 0 Å². The molecule has 0 fully saturated rings. The first kappa shape index (κ1) is 42.8. The molecule has 1 radical (unpaired) electrons. The van der Waals surface area contributed by atoms with E-state index in [1.54, 1.807) is 0 Å². The van der Waals surface area contributed by atoms with Crippen LogP contribution in [0, 0.1) is 0 Å². The van der Waals surface area contributed by atoms with Gasteiger partial charge in [-0.05, 0) is 34.6 Å². The molecule has 0 aromatic heterocycles. The number of rotatable bonds is 0. The van der Waals surface area contributed by atoms with Crippen molar-refractivity contribution in [1.29, 1.82) is 0 Å². The van der Waals surface area contributed by atoms with Crippen molar-refractivity contribution < 1.29 is 83.6 Å². The Morgan fingerprint density at radius 1 is 0.455 bits per heavy atom. The fraction of sp³-hybridized carbons (Fsp3) is 0.500. The van der Waals surface area contributed by atoms with E-state index in [1.807, 2.05) is 0 Å². The van der Waals surface area contributed by atoms with Crippen molar-refractivity contribution in [2.45, 2.75) is 34.6 Å². The van der Waals surface area contributed by atoms with Gasteiger partial charge < -0.3 is 49.5 Å². The maximum atomic E-state index is 8.89. The summed E-state index contributed by atoms with van der Waals surface area (Å²) in [6, 6.07) is 0. The fourth-order valence-electron chi connectivity index (χ4n) is 0. The van der Waals surface area contributed by atoms with E-state index in [9.17, 15) is 0 Å². The number of carboxylic acids is 5. The first-order valence-corrected chi connectivity index (χ1v) is 4.54. The molecule has 22 heavy (non-hydrogen) atoms. The second-order valence-corrected chi connectivity index (χ2v) is 2.46. The van der Waals surface area contributed by atoms with Crippen molar-refractivity contribution in [3.05, 3.63) is 0 Å². The van der Waals surface area contributed by atoms with Crippen LogP contribution < -0.4 is 25.5 Å². The van der Waals surface area contributed by atoms with E-state index < -0.39 is 29.8 Å². The van der Waals surface area contributed by atoms with Crippen LogP contribution in [0.1, 0.15) is 34.6 Å². The summed E-state index contributed by atoms with van der Waals surface area (Å²) < 4.78 is 0. The Balaban J connectivity index is -0.0000000250. The molecule has 0 aliphatic heterocycles. The molecule has 0 aromatic rings. The van der Waals surface area contributed by atoms with E-state index in [2.05, 4.69) is 0 Å². The minimum absolute atomic E-state index is 0. The van der Waals surface area contributed by atoms with E-state index >= 15 is 0 Å². The third-order valence-electron chi connectivity index (χ3n) is 0. The zero-order valence-electron chi connectivity index (χ0n) is 12.3. The van der Waals surface area contributed by atoms with Crippen LogP contribution in [-0.4, -0.2) is 29.8 Å². The summed E-state index contributed by atoms with van der Waals surface area (Å²) in [7, 11) is 0. The normalized spacial score (nSPS) is 5.68. The molecule has 0 amide bonds. The number of hydrogen-bond donors (Lipinski definition) is 0. The van der Waals surface area contributed by atoms with Crippen molar-refractivity contribution in [2.24, 2.45) is 0 Å². The van der Waals surface area contributed by atoms with Gasteiger partial charge in [0.1, 0.15) is 0 Å². The van der Waals surface area contributed by atoms with Gasteiger partial charge in [-0.1, -0.05) is 0 Å². The van der Waals surface area contributed by atoms with Crippen LogP contribution >= 0.6 is 0 Å². The van der Waals surface area contributed by atoms with E-state index in [0.29, 0.717) is 0 Å². The third-order valence-corrected chi connectivity index (χ3v) is 0. The molecule has 0 spiro atoms. The summed E-state index contributed by atoms with van der Waals surface area (Å²) >= 11 is 0. The molecule has 131 valence electrons. The van der Waals surface area contributed by atoms with Gasteiger partial charge >= 0.3 is 34.1 Å². The van der Waals surface area contributed by atoms with Gasteiger partial charge in [0, 0.05) is 29.8 Å². The van der Waals surface area contributed by atoms with Crippen LogP contribution in [0.2, 0.25) is 0 Å². The molecule has 0 saturated carbocycles. The minimum Gasteiger partial charge on any atom is -0.550 e. The second-order valence-electron chi connectivity index (χ2n) is 2.46. The first-order valence-electron chi connectivity index (χ1n) is 4.54. The van der Waals surface area contributed by atoms with Gasteiger partial charge in [0.05, 0.1) is 0 Å². The summed E-state index contributed by atoms with van der Waals surface area (Å²) in [5.74, 6) is -5.42.